The van der Waals surface area contributed by atoms with E-state index in [1.165, 1.54) is 12.8 Å². The Morgan fingerprint density at radius 1 is 1.26 bits per heavy atom. The van der Waals surface area contributed by atoms with Gasteiger partial charge in [0.25, 0.3) is 0 Å². The van der Waals surface area contributed by atoms with Crippen LogP contribution in [0.5, 0.6) is 0 Å². The lowest BCUT2D eigenvalue weighted by molar-refractivity contribution is 0.135. The van der Waals surface area contributed by atoms with Gasteiger partial charge in [-0.25, -0.2) is 4.98 Å². The Morgan fingerprint density at radius 3 is 2.79 bits per heavy atom. The summed E-state index contributed by atoms with van der Waals surface area (Å²) in [6.07, 6.45) is 9.15. The number of aromatic nitrogens is 3. The number of allylic oxidation sites excluding steroid dienone is 1. The summed E-state index contributed by atoms with van der Waals surface area (Å²) in [6, 6.07) is 13.6. The Balaban J connectivity index is 1.42. The molecule has 2 fully saturated rings. The molecule has 4 heterocycles. The number of anilines is 3. The van der Waals surface area contributed by atoms with Crippen molar-refractivity contribution < 1.29 is 0 Å². The molecule has 1 aromatic carbocycles. The molecule has 0 radical (unpaired) electrons. The van der Waals surface area contributed by atoms with Crippen LogP contribution in [-0.4, -0.2) is 51.5 Å². The number of nitriles is 1. The Morgan fingerprint density at radius 2 is 2.06 bits per heavy atom. The summed E-state index contributed by atoms with van der Waals surface area (Å²) in [7, 11) is 0. The molecule has 3 aromatic rings. The lowest BCUT2D eigenvalue weighted by Crippen LogP contribution is -2.47. The first-order chi connectivity index (χ1) is 16.7. The third-order valence-electron chi connectivity index (χ3n) is 6.96. The maximum atomic E-state index is 9.01. The molecule has 3 atom stereocenters. The monoisotopic (exact) mass is 454 g/mol. The van der Waals surface area contributed by atoms with E-state index in [0.29, 0.717) is 30.4 Å². The smallest absolute Gasteiger partial charge is 0.161 e. The van der Waals surface area contributed by atoms with Crippen LogP contribution in [0, 0.1) is 11.3 Å². The fourth-order valence-corrected chi connectivity index (χ4v) is 5.49. The minimum Gasteiger partial charge on any atom is -0.367 e. The molecular formula is C26H30N8. The van der Waals surface area contributed by atoms with Gasteiger partial charge < -0.3 is 10.6 Å². The quantitative estimate of drug-likeness (QED) is 0.394. The average molecular weight is 455 g/mol. The highest BCUT2D eigenvalue weighted by Gasteiger charge is 2.40. The van der Waals surface area contributed by atoms with Crippen LogP contribution in [0.25, 0.3) is 17.0 Å². The predicted molar refractivity (Wildman–Crippen MR) is 138 cm³/mol. The summed E-state index contributed by atoms with van der Waals surface area (Å²) in [6.45, 7) is 6.67. The second kappa shape index (κ2) is 9.65. The van der Waals surface area contributed by atoms with Gasteiger partial charge in [-0.1, -0.05) is 24.3 Å². The first-order valence-electron chi connectivity index (χ1n) is 11.9. The third kappa shape index (κ3) is 4.27. The van der Waals surface area contributed by atoms with Crippen molar-refractivity contribution in [1.29, 1.82) is 5.26 Å². The van der Waals surface area contributed by atoms with E-state index in [9.17, 15) is 0 Å². The Bertz CT molecular complexity index is 1240. The number of nitrogens with zero attached hydrogens (tertiary/aromatic N) is 5. The fraction of sp³-hybridized carbons (Fsp3) is 0.385. The summed E-state index contributed by atoms with van der Waals surface area (Å²) < 4.78 is 0. The highest BCUT2D eigenvalue weighted by Crippen LogP contribution is 2.38. The van der Waals surface area contributed by atoms with Crippen molar-refractivity contribution in [2.24, 2.45) is 4.99 Å². The van der Waals surface area contributed by atoms with Crippen molar-refractivity contribution >= 4 is 46.8 Å². The molecular weight excluding hydrogens is 424 g/mol. The average Bonchev–Trinajstić information content (AvgIpc) is 3.36. The number of para-hydroxylation sites is 1. The molecule has 2 aliphatic rings. The molecule has 0 unspecified atom stereocenters. The van der Waals surface area contributed by atoms with Crippen LogP contribution >= 0.6 is 0 Å². The summed E-state index contributed by atoms with van der Waals surface area (Å²) in [5.41, 5.74) is 2.68. The zero-order chi connectivity index (χ0) is 23.5. The van der Waals surface area contributed by atoms with Crippen LogP contribution in [-0.2, 0) is 0 Å². The van der Waals surface area contributed by atoms with Crippen molar-refractivity contribution in [3.63, 3.8) is 0 Å². The lowest BCUT2D eigenvalue weighted by Gasteiger charge is -2.39. The molecule has 8 heteroatoms. The topological polar surface area (TPSA) is 105 Å². The minimum absolute atomic E-state index is 0.325. The summed E-state index contributed by atoms with van der Waals surface area (Å²) >= 11 is 0. The number of pyridine rings is 1. The molecule has 34 heavy (non-hydrogen) atoms. The van der Waals surface area contributed by atoms with Gasteiger partial charge in [-0.3, -0.25) is 15.0 Å². The van der Waals surface area contributed by atoms with E-state index in [0.717, 1.165) is 53.2 Å². The first-order valence-corrected chi connectivity index (χ1v) is 11.9. The van der Waals surface area contributed by atoms with Crippen LogP contribution in [0.3, 0.4) is 0 Å². The first kappa shape index (κ1) is 22.1. The molecule has 2 aromatic heterocycles. The van der Waals surface area contributed by atoms with Crippen molar-refractivity contribution in [3.05, 3.63) is 42.0 Å². The SMILES string of the molecule is C=Nc1cc(Nc2n[nH]c3ccccc23)nc(N[C@@H]2C[C@H]3CC[C@@H](C2)N3CCC#N)c1/C=C\C. The Hall–Kier alpha value is -3.70. The normalized spacial score (nSPS) is 22.2. The number of piperidine rings is 1. The van der Waals surface area contributed by atoms with E-state index in [1.807, 2.05) is 49.4 Å². The summed E-state index contributed by atoms with van der Waals surface area (Å²) in [5.74, 6) is 2.21. The van der Waals surface area contributed by atoms with Gasteiger partial charge >= 0.3 is 0 Å². The van der Waals surface area contributed by atoms with Gasteiger partial charge in [0.15, 0.2) is 5.82 Å². The Labute approximate surface area is 199 Å². The summed E-state index contributed by atoms with van der Waals surface area (Å²) in [5, 5.41) is 24.6. The number of hydrogen-bond donors (Lipinski definition) is 3. The van der Waals surface area contributed by atoms with E-state index in [-0.39, 0.29) is 0 Å². The predicted octanol–water partition coefficient (Wildman–Crippen LogP) is 5.39. The molecule has 2 saturated heterocycles. The second-order valence-corrected chi connectivity index (χ2v) is 9.03. The molecule has 8 nitrogen and oxygen atoms in total. The maximum Gasteiger partial charge on any atom is 0.161 e. The minimum atomic E-state index is 0.325. The fourth-order valence-electron chi connectivity index (χ4n) is 5.49. The van der Waals surface area contributed by atoms with Crippen LogP contribution in [0.2, 0.25) is 0 Å². The van der Waals surface area contributed by atoms with Gasteiger partial charge in [0, 0.05) is 48.1 Å². The molecule has 5 rings (SSSR count). The van der Waals surface area contributed by atoms with Crippen LogP contribution in [0.15, 0.2) is 41.4 Å². The molecule has 0 amide bonds. The number of aliphatic imine (C=N–C) groups is 1. The zero-order valence-electron chi connectivity index (χ0n) is 19.5. The molecule has 0 aliphatic carbocycles. The second-order valence-electron chi connectivity index (χ2n) is 9.03. The third-order valence-corrected chi connectivity index (χ3v) is 6.96. The van der Waals surface area contributed by atoms with Gasteiger partial charge in [0.2, 0.25) is 0 Å². The standard InChI is InChI=1S/C26H30N8/c1-3-7-20-23(28-2)16-24(31-26-21-8-4-5-9-22(21)32-33-26)30-25(20)29-17-14-18-10-11-19(15-17)34(18)13-6-12-27/h3-5,7-9,16-19H,2,6,10-11,13-15H2,1H3,(H3,29,30,31,32,33)/b7-3-/t17-,18-,19+. The van der Waals surface area contributed by atoms with Crippen molar-refractivity contribution in [3.8, 4) is 6.07 Å². The van der Waals surface area contributed by atoms with E-state index in [1.54, 1.807) is 0 Å². The summed E-state index contributed by atoms with van der Waals surface area (Å²) in [4.78, 5) is 11.8. The zero-order valence-corrected chi connectivity index (χ0v) is 19.5. The van der Waals surface area contributed by atoms with Gasteiger partial charge in [-0.15, -0.1) is 0 Å². The molecule has 0 spiro atoms. The van der Waals surface area contributed by atoms with Gasteiger partial charge in [0.05, 0.1) is 17.3 Å². The molecule has 2 bridgehead atoms. The largest absolute Gasteiger partial charge is 0.367 e. The number of hydrogen-bond acceptors (Lipinski definition) is 7. The van der Waals surface area contributed by atoms with E-state index < -0.39 is 0 Å². The van der Waals surface area contributed by atoms with E-state index in [2.05, 4.69) is 43.5 Å². The maximum absolute atomic E-state index is 9.01. The van der Waals surface area contributed by atoms with Crippen LogP contribution < -0.4 is 10.6 Å². The number of fused-ring (bicyclic) bond motifs is 3. The van der Waals surface area contributed by atoms with Gasteiger partial charge in [-0.2, -0.15) is 10.4 Å². The van der Waals surface area contributed by atoms with Crippen molar-refractivity contribution in [2.45, 2.75) is 57.2 Å². The molecule has 174 valence electrons. The number of benzene rings is 1. The number of aromatic amines is 1. The highest BCUT2D eigenvalue weighted by atomic mass is 15.2. The van der Waals surface area contributed by atoms with Gasteiger partial charge in [-0.05, 0) is 51.5 Å². The van der Waals surface area contributed by atoms with E-state index >= 15 is 0 Å². The lowest BCUT2D eigenvalue weighted by atomic mass is 9.96. The number of nitrogens with one attached hydrogen (secondary N) is 3. The van der Waals surface area contributed by atoms with Crippen molar-refractivity contribution in [2.75, 3.05) is 17.2 Å². The van der Waals surface area contributed by atoms with Gasteiger partial charge in [0.1, 0.15) is 11.6 Å². The van der Waals surface area contributed by atoms with E-state index in [4.69, 9.17) is 10.2 Å². The number of H-pyrrole nitrogens is 1. The van der Waals surface area contributed by atoms with Crippen molar-refractivity contribution in [1.82, 2.24) is 20.1 Å². The molecule has 0 saturated carbocycles. The molecule has 3 N–H and O–H groups in total. The Kier molecular flexibility index (Phi) is 6.28. The highest BCUT2D eigenvalue weighted by molar-refractivity contribution is 5.91. The number of rotatable bonds is 8. The molecule has 2 aliphatic heterocycles. The van der Waals surface area contributed by atoms with Crippen LogP contribution in [0.4, 0.5) is 23.1 Å². The van der Waals surface area contributed by atoms with Crippen LogP contribution in [0.1, 0.15) is 44.6 Å².